The van der Waals surface area contributed by atoms with Crippen molar-refractivity contribution in [1.29, 1.82) is 0 Å². The molecule has 0 aromatic heterocycles. The van der Waals surface area contributed by atoms with Crippen LogP contribution >= 0.6 is 0 Å². The van der Waals surface area contributed by atoms with Gasteiger partial charge < -0.3 is 10.2 Å². The quantitative estimate of drug-likeness (QED) is 0.490. The van der Waals surface area contributed by atoms with E-state index in [9.17, 15) is 0 Å². The van der Waals surface area contributed by atoms with Gasteiger partial charge in [0.1, 0.15) is 0 Å². The van der Waals surface area contributed by atoms with Crippen LogP contribution in [0, 0.1) is 0 Å². The molecular formula is C12H26O4Pb. The van der Waals surface area contributed by atoms with Gasteiger partial charge in [-0.15, -0.1) is 0 Å². The molecule has 0 aromatic rings. The van der Waals surface area contributed by atoms with Crippen molar-refractivity contribution in [3.63, 3.8) is 0 Å². The molecule has 2 N–H and O–H groups in total. The summed E-state index contributed by atoms with van der Waals surface area (Å²) in [4.78, 5) is 18.0. The third-order valence-corrected chi connectivity index (χ3v) is 6.91. The fourth-order valence-electron chi connectivity index (χ4n) is 0.729. The van der Waals surface area contributed by atoms with Crippen LogP contribution in [0.2, 0.25) is 7.96 Å². The average Bonchev–Trinajstić information content (AvgIpc) is 2.16. The number of rotatable bonds is 6. The maximum absolute atomic E-state index is 9.00. The van der Waals surface area contributed by atoms with E-state index in [-0.39, 0.29) is 24.2 Å². The van der Waals surface area contributed by atoms with Crippen LogP contribution in [0.4, 0.5) is 0 Å². The van der Waals surface area contributed by atoms with Gasteiger partial charge in [0.15, 0.2) is 0 Å². The molecule has 0 bridgehead atoms. The Morgan fingerprint density at radius 2 is 1.12 bits per heavy atom. The minimum absolute atomic E-state index is 0.0390. The summed E-state index contributed by atoms with van der Waals surface area (Å²) in [6.07, 6.45) is 5.87. The molecule has 0 heterocycles. The summed E-state index contributed by atoms with van der Waals surface area (Å²) in [6, 6.07) is 0. The molecule has 5 heteroatoms. The number of carboxylic acid groups (broad SMARTS) is 2. The first-order valence-corrected chi connectivity index (χ1v) is 11.5. The van der Waals surface area contributed by atoms with Gasteiger partial charge in [-0.25, -0.2) is 0 Å². The van der Waals surface area contributed by atoms with Crippen molar-refractivity contribution < 1.29 is 19.8 Å². The van der Waals surface area contributed by atoms with Crippen molar-refractivity contribution >= 4 is 36.2 Å². The van der Waals surface area contributed by atoms with Crippen molar-refractivity contribution in [2.75, 3.05) is 0 Å². The van der Waals surface area contributed by atoms with Gasteiger partial charge in [-0.3, -0.25) is 9.59 Å². The number of hydrogen-bond donors (Lipinski definition) is 2. The molecule has 2 radical (unpaired) electrons. The molecule has 0 saturated heterocycles. The molecule has 0 aromatic carbocycles. The second-order valence-electron chi connectivity index (χ2n) is 3.50. The van der Waals surface area contributed by atoms with E-state index < -0.39 is 11.9 Å². The fourth-order valence-corrected chi connectivity index (χ4v) is 6.39. The average molecular weight is 442 g/mol. The SMILES string of the molecule is CC(=O)O.CC(=O)O.CCC[CH2][Pb][CH2]CCC. The maximum atomic E-state index is 9.00. The first-order chi connectivity index (χ1) is 7.88. The Morgan fingerprint density at radius 1 is 0.882 bits per heavy atom. The molecule has 0 atom stereocenters. The van der Waals surface area contributed by atoms with E-state index in [0.29, 0.717) is 0 Å². The number of hydrogen-bond acceptors (Lipinski definition) is 2. The standard InChI is InChI=1S/2C4H9.2C2H4O2.Pb/c2*1-3-4-2;2*1-2(3)4;/h2*1,3-4H2,2H3;2*1H3,(H,3,4);. The van der Waals surface area contributed by atoms with E-state index in [1.165, 1.54) is 25.7 Å². The van der Waals surface area contributed by atoms with Gasteiger partial charge in [0.2, 0.25) is 0 Å². The molecule has 0 aliphatic heterocycles. The Bertz CT molecular complexity index is 146. The van der Waals surface area contributed by atoms with Crippen molar-refractivity contribution in [2.45, 2.75) is 61.3 Å². The minimum atomic E-state index is -0.833. The first kappa shape index (κ1) is 22.1. The molecule has 4 nitrogen and oxygen atoms in total. The second-order valence-corrected chi connectivity index (χ2v) is 9.33. The van der Waals surface area contributed by atoms with Crippen LogP contribution in [0.1, 0.15) is 53.4 Å². The molecular weight excluding hydrogens is 415 g/mol. The molecule has 0 fully saturated rings. The van der Waals surface area contributed by atoms with Crippen LogP contribution in [-0.2, 0) is 9.59 Å². The van der Waals surface area contributed by atoms with E-state index in [4.69, 9.17) is 19.8 Å². The van der Waals surface area contributed by atoms with E-state index in [1.54, 1.807) is 7.96 Å². The Balaban J connectivity index is -0.000000205. The van der Waals surface area contributed by atoms with Crippen LogP contribution in [0.5, 0.6) is 0 Å². The molecule has 102 valence electrons. The van der Waals surface area contributed by atoms with E-state index >= 15 is 0 Å². The van der Waals surface area contributed by atoms with Gasteiger partial charge in [0.25, 0.3) is 11.9 Å². The Morgan fingerprint density at radius 3 is 1.29 bits per heavy atom. The van der Waals surface area contributed by atoms with Crippen LogP contribution in [0.3, 0.4) is 0 Å². The van der Waals surface area contributed by atoms with Crippen LogP contribution < -0.4 is 0 Å². The summed E-state index contributed by atoms with van der Waals surface area (Å²) < 4.78 is 3.30. The topological polar surface area (TPSA) is 74.6 Å². The van der Waals surface area contributed by atoms with Gasteiger partial charge in [-0.1, -0.05) is 0 Å². The van der Waals surface area contributed by atoms with Gasteiger partial charge in [0, 0.05) is 13.8 Å². The zero-order chi connectivity index (χ0) is 14.1. The Hall–Kier alpha value is -0.138. The first-order valence-electron chi connectivity index (χ1n) is 5.98. The molecule has 0 saturated carbocycles. The Kier molecular flexibility index (Phi) is 27.5. The van der Waals surface area contributed by atoms with Gasteiger partial charge in [-0.2, -0.15) is 0 Å². The molecule has 0 amide bonds. The summed E-state index contributed by atoms with van der Waals surface area (Å²) in [5, 5.41) is 14.8. The zero-order valence-electron chi connectivity index (χ0n) is 11.5. The molecule has 17 heavy (non-hydrogen) atoms. The summed E-state index contributed by atoms with van der Waals surface area (Å²) in [5.74, 6) is -1.67. The predicted octanol–water partition coefficient (Wildman–Crippen LogP) is 3.31. The van der Waals surface area contributed by atoms with Gasteiger partial charge in [-0.05, 0) is 0 Å². The summed E-state index contributed by atoms with van der Waals surface area (Å²) in [5.41, 5.74) is 0. The summed E-state index contributed by atoms with van der Waals surface area (Å²) in [6.45, 7) is 6.76. The van der Waals surface area contributed by atoms with E-state index in [1.807, 2.05) is 0 Å². The van der Waals surface area contributed by atoms with Gasteiger partial charge >= 0.3 is 71.7 Å². The van der Waals surface area contributed by atoms with Crippen LogP contribution in [0.15, 0.2) is 0 Å². The monoisotopic (exact) mass is 442 g/mol. The molecule has 0 unspecified atom stereocenters. The normalized spacial score (nSPS) is 8.24. The van der Waals surface area contributed by atoms with Crippen LogP contribution in [0.25, 0.3) is 0 Å². The number of carbonyl (C=O) groups is 2. The van der Waals surface area contributed by atoms with Crippen molar-refractivity contribution in [3.05, 3.63) is 0 Å². The predicted molar refractivity (Wildman–Crippen MR) is 71.8 cm³/mol. The number of unbranched alkanes of at least 4 members (excludes halogenated alkanes) is 2. The zero-order valence-corrected chi connectivity index (χ0v) is 15.3. The number of aliphatic carboxylic acids is 2. The third kappa shape index (κ3) is 88.7. The van der Waals surface area contributed by atoms with Crippen molar-refractivity contribution in [3.8, 4) is 0 Å². The number of carboxylic acids is 2. The molecule has 0 rings (SSSR count). The molecule has 0 spiro atoms. The molecule has 0 aliphatic rings. The van der Waals surface area contributed by atoms with Crippen molar-refractivity contribution in [2.24, 2.45) is 0 Å². The molecule has 0 aliphatic carbocycles. The third-order valence-electron chi connectivity index (χ3n) is 1.41. The summed E-state index contributed by atoms with van der Waals surface area (Å²) in [7, 11) is 0. The summed E-state index contributed by atoms with van der Waals surface area (Å²) >= 11 is -0.0390. The second kappa shape index (κ2) is 21.2. The van der Waals surface area contributed by atoms with E-state index in [2.05, 4.69) is 13.8 Å². The van der Waals surface area contributed by atoms with Crippen molar-refractivity contribution in [1.82, 2.24) is 0 Å². The van der Waals surface area contributed by atoms with E-state index in [0.717, 1.165) is 13.8 Å². The van der Waals surface area contributed by atoms with Gasteiger partial charge in [0.05, 0.1) is 0 Å². The fraction of sp³-hybridized carbons (Fsp3) is 0.833. The Labute approximate surface area is 117 Å². The van der Waals surface area contributed by atoms with Crippen LogP contribution in [-0.4, -0.2) is 46.4 Å².